The number of esters is 2. The molecule has 0 rings (SSSR count). The molecule has 0 aliphatic rings. The number of aliphatic hydroxyl groups excluding tert-OH is 1. The summed E-state index contributed by atoms with van der Waals surface area (Å²) in [5, 5.41) is 10.0. The van der Waals surface area contributed by atoms with Crippen LogP contribution in [0.25, 0.3) is 0 Å². The van der Waals surface area contributed by atoms with Crippen molar-refractivity contribution >= 4 is 19.8 Å². The molecule has 3 atom stereocenters. The molecule has 11 nitrogen and oxygen atoms in total. The molecule has 298 valence electrons. The van der Waals surface area contributed by atoms with E-state index in [2.05, 4.69) is 13.8 Å². The molecule has 1 N–H and O–H groups in total. The first kappa shape index (κ1) is 48.9. The highest BCUT2D eigenvalue weighted by atomic mass is 31.2. The van der Waals surface area contributed by atoms with Crippen molar-refractivity contribution in [2.45, 2.75) is 180 Å². The minimum Gasteiger partial charge on any atom is -0.756 e. The lowest BCUT2D eigenvalue weighted by Gasteiger charge is -2.27. The van der Waals surface area contributed by atoms with E-state index in [1.54, 1.807) is 0 Å². The van der Waals surface area contributed by atoms with Crippen LogP contribution in [0, 0.1) is 0 Å². The van der Waals surface area contributed by atoms with Crippen LogP contribution < -0.4 is 4.89 Å². The van der Waals surface area contributed by atoms with Gasteiger partial charge in [-0.15, -0.1) is 0 Å². The lowest BCUT2D eigenvalue weighted by molar-refractivity contribution is -0.890. The van der Waals surface area contributed by atoms with Crippen LogP contribution in [0.5, 0.6) is 0 Å². The van der Waals surface area contributed by atoms with Crippen LogP contribution in [0.4, 0.5) is 0 Å². The topological polar surface area (TPSA) is 141 Å². The van der Waals surface area contributed by atoms with Crippen molar-refractivity contribution in [1.82, 2.24) is 0 Å². The molecular weight excluding hydrogens is 661 g/mol. The highest BCUT2D eigenvalue weighted by Crippen LogP contribution is 2.38. The molecule has 0 fully saturated rings. The van der Waals surface area contributed by atoms with Crippen LogP contribution in [0.3, 0.4) is 0 Å². The molecule has 50 heavy (non-hydrogen) atoms. The number of phosphoric ester groups is 1. The molecule has 0 aromatic carbocycles. The van der Waals surface area contributed by atoms with E-state index in [1.165, 1.54) is 89.9 Å². The van der Waals surface area contributed by atoms with E-state index < -0.39 is 45.2 Å². The largest absolute Gasteiger partial charge is 0.756 e. The summed E-state index contributed by atoms with van der Waals surface area (Å²) >= 11 is 0. The Labute approximate surface area is 305 Å². The SMILES string of the molecule is CCCCCCCCCCCCCC(=O)OCC(COP(=O)([O-])OCC(O)COC[N+](C)(C)C)OC(=O)CCCCCCCCCCCCC. The lowest BCUT2D eigenvalue weighted by Crippen LogP contribution is -2.38. The molecule has 12 heteroatoms. The van der Waals surface area contributed by atoms with E-state index in [0.29, 0.717) is 24.1 Å². The molecule has 0 aromatic heterocycles. The second-order valence-electron chi connectivity index (χ2n) is 14.8. The Hall–Kier alpha value is -1.07. The van der Waals surface area contributed by atoms with Crippen molar-refractivity contribution in [1.29, 1.82) is 0 Å². The quantitative estimate of drug-likeness (QED) is 0.0217. The minimum absolute atomic E-state index is 0.107. The van der Waals surface area contributed by atoms with Crippen LogP contribution in [0.2, 0.25) is 0 Å². The van der Waals surface area contributed by atoms with Gasteiger partial charge in [0, 0.05) is 12.8 Å². The molecule has 0 spiro atoms. The van der Waals surface area contributed by atoms with Gasteiger partial charge in [-0.3, -0.25) is 14.2 Å². The maximum absolute atomic E-state index is 12.6. The van der Waals surface area contributed by atoms with Crippen molar-refractivity contribution < 1.29 is 51.9 Å². The fourth-order valence-corrected chi connectivity index (χ4v) is 6.16. The van der Waals surface area contributed by atoms with Gasteiger partial charge in [-0.1, -0.05) is 142 Å². The zero-order chi connectivity index (χ0) is 37.4. The number of nitrogens with zero attached hydrogens (tertiary/aromatic N) is 1. The van der Waals surface area contributed by atoms with E-state index in [1.807, 2.05) is 21.1 Å². The maximum Gasteiger partial charge on any atom is 0.306 e. The zero-order valence-corrected chi connectivity index (χ0v) is 33.6. The first-order valence-electron chi connectivity index (χ1n) is 19.9. The van der Waals surface area contributed by atoms with Crippen LogP contribution in [0.15, 0.2) is 0 Å². The van der Waals surface area contributed by atoms with Gasteiger partial charge in [0.15, 0.2) is 12.8 Å². The number of unbranched alkanes of at least 4 members (excludes halogenated alkanes) is 20. The molecule has 0 aliphatic heterocycles. The van der Waals surface area contributed by atoms with Gasteiger partial charge < -0.3 is 37.7 Å². The average Bonchev–Trinajstić information content (AvgIpc) is 3.06. The summed E-state index contributed by atoms with van der Waals surface area (Å²) < 4.78 is 38.9. The fourth-order valence-electron chi connectivity index (χ4n) is 5.39. The summed E-state index contributed by atoms with van der Waals surface area (Å²) in [4.78, 5) is 37.4. The third-order valence-electron chi connectivity index (χ3n) is 8.33. The Morgan fingerprint density at radius 1 is 0.600 bits per heavy atom. The number of aliphatic hydroxyl groups is 1. The summed E-state index contributed by atoms with van der Waals surface area (Å²) in [5.74, 6) is -0.923. The monoisotopic (exact) mass is 738 g/mol. The lowest BCUT2D eigenvalue weighted by atomic mass is 10.1. The molecule has 0 aliphatic carbocycles. The average molecular weight is 738 g/mol. The van der Waals surface area contributed by atoms with E-state index in [4.69, 9.17) is 23.3 Å². The summed E-state index contributed by atoms with van der Waals surface area (Å²) in [6.45, 7) is 3.24. The fraction of sp³-hybridized carbons (Fsp3) is 0.947. The van der Waals surface area contributed by atoms with Gasteiger partial charge in [-0.05, 0) is 12.8 Å². The number of carbonyl (C=O) groups excluding carboxylic acids is 2. The van der Waals surface area contributed by atoms with Crippen molar-refractivity contribution in [2.24, 2.45) is 0 Å². The van der Waals surface area contributed by atoms with Gasteiger partial charge >= 0.3 is 11.9 Å². The molecule has 0 heterocycles. The number of rotatable bonds is 37. The van der Waals surface area contributed by atoms with Crippen molar-refractivity contribution in [3.63, 3.8) is 0 Å². The summed E-state index contributed by atoms with van der Waals surface area (Å²) in [6, 6.07) is 0. The standard InChI is InChI=1S/C38H76NO10P/c1-6-8-10-12-14-16-18-20-22-24-26-28-37(41)46-32-36(33-48-50(43,44)47-31-35(40)30-45-34-39(3,4)5)49-38(42)29-27-25-23-21-19-17-15-13-11-9-7-2/h35-36,40H,6-34H2,1-5H3. The molecule has 0 aromatic rings. The predicted molar refractivity (Wildman–Crippen MR) is 197 cm³/mol. The number of hydrogen-bond acceptors (Lipinski definition) is 10. The summed E-state index contributed by atoms with van der Waals surface area (Å²) in [7, 11) is 0.903. The molecular formula is C38H76NO10P. The molecule has 0 bridgehead atoms. The normalized spacial score (nSPS) is 14.3. The van der Waals surface area contributed by atoms with Crippen LogP contribution in [-0.4, -0.2) is 88.0 Å². The van der Waals surface area contributed by atoms with Gasteiger partial charge in [-0.2, -0.15) is 0 Å². The van der Waals surface area contributed by atoms with Crippen molar-refractivity contribution in [3.05, 3.63) is 0 Å². The first-order valence-corrected chi connectivity index (χ1v) is 21.4. The Kier molecular flexibility index (Phi) is 31.9. The first-order chi connectivity index (χ1) is 23.9. The van der Waals surface area contributed by atoms with E-state index in [9.17, 15) is 24.2 Å². The Balaban J connectivity index is 4.58. The number of ether oxygens (including phenoxy) is 3. The molecule has 0 amide bonds. The van der Waals surface area contributed by atoms with Gasteiger partial charge in [-0.25, -0.2) is 0 Å². The second-order valence-corrected chi connectivity index (χ2v) is 16.3. The highest BCUT2D eigenvalue weighted by Gasteiger charge is 2.22. The third kappa shape index (κ3) is 35.3. The van der Waals surface area contributed by atoms with Crippen LogP contribution in [-0.2, 0) is 37.4 Å². The van der Waals surface area contributed by atoms with Gasteiger partial charge in [0.05, 0.1) is 41.0 Å². The van der Waals surface area contributed by atoms with Gasteiger partial charge in [0.1, 0.15) is 12.7 Å². The van der Waals surface area contributed by atoms with Gasteiger partial charge in [0.25, 0.3) is 7.82 Å². The Morgan fingerprint density at radius 3 is 1.44 bits per heavy atom. The summed E-state index contributed by atoms with van der Waals surface area (Å²) in [5.41, 5.74) is 0. The minimum atomic E-state index is -4.85. The Bertz CT molecular complexity index is 854. The molecule has 0 saturated carbocycles. The van der Waals surface area contributed by atoms with Gasteiger partial charge in [0.2, 0.25) is 0 Å². The molecule has 3 unspecified atom stereocenters. The summed E-state index contributed by atoms with van der Waals surface area (Å²) in [6.07, 6.45) is 23.7. The van der Waals surface area contributed by atoms with Crippen LogP contribution >= 0.6 is 7.82 Å². The number of carbonyl (C=O) groups is 2. The van der Waals surface area contributed by atoms with E-state index in [-0.39, 0.29) is 26.1 Å². The maximum atomic E-state index is 12.6. The molecule has 0 saturated heterocycles. The second kappa shape index (κ2) is 32.6. The smallest absolute Gasteiger partial charge is 0.306 e. The number of hydrogen-bond donors (Lipinski definition) is 1. The Morgan fingerprint density at radius 2 is 1.00 bits per heavy atom. The third-order valence-corrected chi connectivity index (χ3v) is 9.26. The highest BCUT2D eigenvalue weighted by molar-refractivity contribution is 7.45. The van der Waals surface area contributed by atoms with Crippen molar-refractivity contribution in [2.75, 3.05) is 54.3 Å². The number of quaternary nitrogens is 1. The van der Waals surface area contributed by atoms with Crippen LogP contribution in [0.1, 0.15) is 168 Å². The van der Waals surface area contributed by atoms with E-state index in [0.717, 1.165) is 38.5 Å². The van der Waals surface area contributed by atoms with Crippen molar-refractivity contribution in [3.8, 4) is 0 Å². The van der Waals surface area contributed by atoms with E-state index >= 15 is 0 Å². The number of phosphoric acid groups is 1. The predicted octanol–water partition coefficient (Wildman–Crippen LogP) is 8.39. The zero-order valence-electron chi connectivity index (χ0n) is 32.7. The molecule has 0 radical (unpaired) electrons.